The second-order valence-corrected chi connectivity index (χ2v) is 7.42. The minimum atomic E-state index is 0.366. The second kappa shape index (κ2) is 4.72. The van der Waals surface area contributed by atoms with Crippen LogP contribution in [0.15, 0.2) is 10.5 Å². The maximum absolute atomic E-state index is 6.06. The topological polar surface area (TPSA) is 12.5 Å². The highest BCUT2D eigenvalue weighted by Gasteiger charge is 2.39. The summed E-state index contributed by atoms with van der Waals surface area (Å²) in [5.41, 5.74) is 0. The van der Waals surface area contributed by atoms with Crippen LogP contribution < -0.4 is 4.74 Å². The van der Waals surface area contributed by atoms with Crippen LogP contribution in [0.2, 0.25) is 4.34 Å². The van der Waals surface area contributed by atoms with E-state index >= 15 is 0 Å². The highest BCUT2D eigenvalue weighted by Crippen LogP contribution is 2.40. The zero-order valence-electron chi connectivity index (χ0n) is 9.66. The first-order valence-corrected chi connectivity index (χ1v) is 7.95. The Balaban J connectivity index is 1.67. The highest BCUT2D eigenvalue weighted by atomic mass is 79.9. The fraction of sp³-hybridized carbons (Fsp3) is 0.667. The summed E-state index contributed by atoms with van der Waals surface area (Å²) in [6, 6.07) is 3.42. The average molecular weight is 337 g/mol. The van der Waals surface area contributed by atoms with Crippen molar-refractivity contribution in [1.29, 1.82) is 0 Å². The first-order chi connectivity index (χ1) is 8.13. The molecule has 3 rings (SSSR count). The third kappa shape index (κ3) is 2.37. The minimum absolute atomic E-state index is 0.366. The molecule has 0 N–H and O–H groups in total. The lowest BCUT2D eigenvalue weighted by Gasteiger charge is -2.35. The fourth-order valence-corrected chi connectivity index (χ4v) is 4.59. The summed E-state index contributed by atoms with van der Waals surface area (Å²) in [5, 5.41) is 0.941. The van der Waals surface area contributed by atoms with E-state index in [1.165, 1.54) is 24.2 Å². The quantitative estimate of drug-likeness (QED) is 0.804. The second-order valence-electron chi connectivity index (χ2n) is 4.95. The van der Waals surface area contributed by atoms with Gasteiger partial charge in [0.25, 0.3) is 0 Å². The predicted molar refractivity (Wildman–Crippen MR) is 75.3 cm³/mol. The summed E-state index contributed by atoms with van der Waals surface area (Å²) in [4.78, 5) is 2.52. The molecule has 0 aromatic carbocycles. The molecule has 1 aromatic heterocycles. The molecule has 2 nitrogen and oxygen atoms in total. The van der Waals surface area contributed by atoms with E-state index < -0.39 is 0 Å². The molecule has 2 bridgehead atoms. The molecule has 0 spiro atoms. The van der Waals surface area contributed by atoms with Crippen LogP contribution in [0.5, 0.6) is 5.06 Å². The van der Waals surface area contributed by atoms with Gasteiger partial charge in [0.1, 0.15) is 10.4 Å². The Hall–Kier alpha value is 0.230. The van der Waals surface area contributed by atoms with Crippen LogP contribution in [-0.4, -0.2) is 30.1 Å². The van der Waals surface area contributed by atoms with Gasteiger partial charge in [0.15, 0.2) is 5.06 Å². The molecular formula is C12H15BrClNOS. The highest BCUT2D eigenvalue weighted by molar-refractivity contribution is 9.10. The third-order valence-corrected chi connectivity index (χ3v) is 6.33. The molecule has 2 saturated heterocycles. The van der Waals surface area contributed by atoms with Gasteiger partial charge in [-0.25, -0.2) is 0 Å². The molecule has 0 aliphatic carbocycles. The van der Waals surface area contributed by atoms with Gasteiger partial charge in [-0.1, -0.05) is 22.9 Å². The molecule has 5 heteroatoms. The molecular weight excluding hydrogens is 322 g/mol. The number of hydrogen-bond donors (Lipinski definition) is 0. The van der Waals surface area contributed by atoms with Gasteiger partial charge < -0.3 is 9.64 Å². The lowest BCUT2D eigenvalue weighted by Crippen LogP contribution is -2.43. The molecule has 2 aliphatic rings. The maximum Gasteiger partial charge on any atom is 0.176 e. The number of nitrogens with zero attached hydrogens (tertiary/aromatic N) is 1. The zero-order valence-corrected chi connectivity index (χ0v) is 12.8. The van der Waals surface area contributed by atoms with E-state index in [2.05, 4.69) is 27.9 Å². The van der Waals surface area contributed by atoms with Gasteiger partial charge in [-0.05, 0) is 48.7 Å². The summed E-state index contributed by atoms with van der Waals surface area (Å²) in [7, 11) is 2.25. The van der Waals surface area contributed by atoms with Crippen molar-refractivity contribution in [2.45, 2.75) is 43.9 Å². The van der Waals surface area contributed by atoms with E-state index in [4.69, 9.17) is 16.3 Å². The number of fused-ring (bicyclic) bond motifs is 2. The van der Waals surface area contributed by atoms with Crippen LogP contribution >= 0.6 is 38.9 Å². The standard InChI is InChI=1S/C12H15BrClNOS/c1-15-7-2-3-8(15)5-9(4-7)16-11-6-10(13)12(14)17-11/h6-9H,2-5H2,1H3/t7-,8+,9?. The van der Waals surface area contributed by atoms with Gasteiger partial charge in [0.2, 0.25) is 0 Å². The van der Waals surface area contributed by atoms with Gasteiger partial charge in [-0.15, -0.1) is 0 Å². The molecule has 3 heterocycles. The van der Waals surface area contributed by atoms with Crippen LogP contribution in [0.4, 0.5) is 0 Å². The molecule has 0 saturated carbocycles. The number of piperidine rings is 1. The number of ether oxygens (including phenoxy) is 1. The Bertz CT molecular complexity index is 391. The van der Waals surface area contributed by atoms with Gasteiger partial charge in [0.05, 0.1) is 4.47 Å². The average Bonchev–Trinajstić information content (AvgIpc) is 2.69. The molecule has 2 aliphatic heterocycles. The smallest absolute Gasteiger partial charge is 0.176 e. The molecule has 0 radical (unpaired) electrons. The molecule has 17 heavy (non-hydrogen) atoms. The normalized spacial score (nSPS) is 33.0. The van der Waals surface area contributed by atoms with Gasteiger partial charge in [-0.2, -0.15) is 0 Å². The Morgan fingerprint density at radius 1 is 1.41 bits per heavy atom. The van der Waals surface area contributed by atoms with Gasteiger partial charge in [-0.3, -0.25) is 0 Å². The van der Waals surface area contributed by atoms with E-state index in [1.807, 2.05) is 6.07 Å². The van der Waals surface area contributed by atoms with Crippen molar-refractivity contribution in [1.82, 2.24) is 4.90 Å². The maximum atomic E-state index is 6.06. The van der Waals surface area contributed by atoms with Crippen LogP contribution in [-0.2, 0) is 0 Å². The number of halogens is 2. The van der Waals surface area contributed by atoms with Crippen molar-refractivity contribution in [3.63, 3.8) is 0 Å². The van der Waals surface area contributed by atoms with Gasteiger partial charge >= 0.3 is 0 Å². The van der Waals surface area contributed by atoms with E-state index in [-0.39, 0.29) is 0 Å². The van der Waals surface area contributed by atoms with E-state index in [9.17, 15) is 0 Å². The van der Waals surface area contributed by atoms with Gasteiger partial charge in [0, 0.05) is 18.2 Å². The lowest BCUT2D eigenvalue weighted by molar-refractivity contribution is 0.0685. The number of rotatable bonds is 2. The van der Waals surface area contributed by atoms with Crippen LogP contribution in [0.25, 0.3) is 0 Å². The molecule has 2 fully saturated rings. The first-order valence-electron chi connectivity index (χ1n) is 5.97. The first kappa shape index (κ1) is 12.3. The van der Waals surface area contributed by atoms with Crippen molar-refractivity contribution in [3.05, 3.63) is 14.9 Å². The Morgan fingerprint density at radius 2 is 2.06 bits per heavy atom. The lowest BCUT2D eigenvalue weighted by atomic mass is 10.0. The number of thiophene rings is 1. The predicted octanol–water partition coefficient (Wildman–Crippen LogP) is 4.17. The van der Waals surface area contributed by atoms with Crippen molar-refractivity contribution < 1.29 is 4.74 Å². The molecule has 94 valence electrons. The summed E-state index contributed by atoms with van der Waals surface area (Å²) in [5.74, 6) is 0. The monoisotopic (exact) mass is 335 g/mol. The van der Waals surface area contributed by atoms with Crippen LogP contribution in [0.1, 0.15) is 25.7 Å². The molecule has 1 unspecified atom stereocenters. The van der Waals surface area contributed by atoms with Crippen LogP contribution in [0.3, 0.4) is 0 Å². The van der Waals surface area contributed by atoms with E-state index in [1.54, 1.807) is 0 Å². The minimum Gasteiger partial charge on any atom is -0.481 e. The molecule has 3 atom stereocenters. The summed E-state index contributed by atoms with van der Waals surface area (Å²) < 4.78 is 7.78. The molecule has 1 aromatic rings. The SMILES string of the molecule is CN1[C@@H]2CC[C@H]1CC(Oc1cc(Br)c(Cl)s1)C2. The fourth-order valence-electron chi connectivity index (χ4n) is 3.01. The summed E-state index contributed by atoms with van der Waals surface area (Å²) in [6.45, 7) is 0. The summed E-state index contributed by atoms with van der Waals surface area (Å²) >= 11 is 11.0. The van der Waals surface area contributed by atoms with Crippen LogP contribution in [0, 0.1) is 0 Å². The van der Waals surface area contributed by atoms with E-state index in [0.717, 1.165) is 38.8 Å². The summed E-state index contributed by atoms with van der Waals surface area (Å²) in [6.07, 6.45) is 5.33. The van der Waals surface area contributed by atoms with Crippen molar-refractivity contribution in [3.8, 4) is 5.06 Å². The van der Waals surface area contributed by atoms with Crippen molar-refractivity contribution in [2.24, 2.45) is 0 Å². The Kier molecular flexibility index (Phi) is 3.41. The third-order valence-electron chi connectivity index (χ3n) is 3.96. The van der Waals surface area contributed by atoms with Crippen molar-refractivity contribution >= 4 is 38.9 Å². The zero-order chi connectivity index (χ0) is 12.0. The molecule has 0 amide bonds. The van der Waals surface area contributed by atoms with E-state index in [0.29, 0.717) is 6.10 Å². The Morgan fingerprint density at radius 3 is 2.59 bits per heavy atom. The number of hydrogen-bond acceptors (Lipinski definition) is 3. The van der Waals surface area contributed by atoms with Crippen molar-refractivity contribution in [2.75, 3.05) is 7.05 Å². The largest absolute Gasteiger partial charge is 0.481 e. The Labute approximate surface area is 119 Å².